The highest BCUT2D eigenvalue weighted by atomic mass is 19.3. The number of likely N-dealkylation sites (tertiary alicyclic amines) is 1. The van der Waals surface area contributed by atoms with E-state index in [1.165, 1.54) is 29.1 Å². The number of aryl methyl sites for hydroxylation is 1. The third-order valence-electron chi connectivity index (χ3n) is 6.41. The number of alkyl halides is 2. The second kappa shape index (κ2) is 10.7. The van der Waals surface area contributed by atoms with Crippen LogP contribution in [0.3, 0.4) is 0 Å². The van der Waals surface area contributed by atoms with E-state index < -0.39 is 24.4 Å². The molecule has 1 amide bonds. The first kappa shape index (κ1) is 25.7. The molecule has 1 aromatic heterocycles. The molecule has 1 aliphatic rings. The van der Waals surface area contributed by atoms with Gasteiger partial charge in [0.1, 0.15) is 11.6 Å². The van der Waals surface area contributed by atoms with Gasteiger partial charge in [0.25, 0.3) is 5.91 Å². The highest BCUT2D eigenvalue weighted by Gasteiger charge is 2.30. The molecule has 4 rings (SSSR count). The topological polar surface area (TPSA) is 79.6 Å². The summed E-state index contributed by atoms with van der Waals surface area (Å²) in [5, 5.41) is 17.2. The van der Waals surface area contributed by atoms with Crippen molar-refractivity contribution >= 4 is 11.6 Å². The van der Waals surface area contributed by atoms with Crippen LogP contribution >= 0.6 is 0 Å². The smallest absolute Gasteiger partial charge is 0.387 e. The van der Waals surface area contributed by atoms with Crippen molar-refractivity contribution in [1.82, 2.24) is 14.7 Å². The molecule has 0 saturated carbocycles. The first-order valence-corrected chi connectivity index (χ1v) is 11.7. The summed E-state index contributed by atoms with van der Waals surface area (Å²) in [6.07, 6.45) is 1.08. The van der Waals surface area contributed by atoms with E-state index in [0.717, 1.165) is 0 Å². The van der Waals surface area contributed by atoms with E-state index in [9.17, 15) is 23.1 Å². The van der Waals surface area contributed by atoms with Gasteiger partial charge in [-0.05, 0) is 43.0 Å². The Morgan fingerprint density at radius 3 is 2.58 bits per heavy atom. The fourth-order valence-corrected chi connectivity index (χ4v) is 4.64. The minimum Gasteiger partial charge on any atom is -0.434 e. The molecule has 3 aromatic rings. The summed E-state index contributed by atoms with van der Waals surface area (Å²) in [7, 11) is 0. The average molecular weight is 503 g/mol. The third kappa shape index (κ3) is 5.88. The first-order chi connectivity index (χ1) is 17.1. The van der Waals surface area contributed by atoms with E-state index in [4.69, 9.17) is 4.74 Å². The molecule has 2 aromatic carbocycles. The van der Waals surface area contributed by atoms with E-state index in [1.54, 1.807) is 31.2 Å². The summed E-state index contributed by atoms with van der Waals surface area (Å²) in [6, 6.07) is 10.5. The highest BCUT2D eigenvalue weighted by Crippen LogP contribution is 2.30. The molecule has 1 fully saturated rings. The van der Waals surface area contributed by atoms with Crippen LogP contribution in [0, 0.1) is 24.6 Å². The largest absolute Gasteiger partial charge is 0.434 e. The Hall–Kier alpha value is -3.37. The number of aromatic nitrogens is 2. The molecule has 2 unspecified atom stereocenters. The predicted molar refractivity (Wildman–Crippen MR) is 129 cm³/mol. The predicted octanol–water partition coefficient (Wildman–Crippen LogP) is 4.62. The van der Waals surface area contributed by atoms with Crippen LogP contribution < -0.4 is 10.1 Å². The Kier molecular flexibility index (Phi) is 7.65. The van der Waals surface area contributed by atoms with Crippen molar-refractivity contribution in [3.05, 3.63) is 71.3 Å². The standard InChI is InChI=1S/C26H29F3N4O3/c1-15-11-32(12-16(2)24(15)34)13-18-7-8-20(10-23(18)36-26(28)29)30-25(35)22-14-33(31-17(22)3)21-6-4-5-19(27)9-21/h4-10,14-16,24,26,34H,11-13H2,1-3H3,(H,30,35). The van der Waals surface area contributed by atoms with Gasteiger partial charge in [-0.15, -0.1) is 0 Å². The first-order valence-electron chi connectivity index (χ1n) is 11.7. The zero-order chi connectivity index (χ0) is 26.0. The highest BCUT2D eigenvalue weighted by molar-refractivity contribution is 6.05. The monoisotopic (exact) mass is 502 g/mol. The Morgan fingerprint density at radius 1 is 1.19 bits per heavy atom. The van der Waals surface area contributed by atoms with E-state index in [0.29, 0.717) is 36.6 Å². The lowest BCUT2D eigenvalue weighted by molar-refractivity contribution is -0.0514. The van der Waals surface area contributed by atoms with Crippen molar-refractivity contribution in [3.63, 3.8) is 0 Å². The van der Waals surface area contributed by atoms with Crippen molar-refractivity contribution < 1.29 is 27.8 Å². The van der Waals surface area contributed by atoms with Crippen LogP contribution in [0.5, 0.6) is 5.75 Å². The van der Waals surface area contributed by atoms with Gasteiger partial charge >= 0.3 is 6.61 Å². The summed E-state index contributed by atoms with van der Waals surface area (Å²) < 4.78 is 46.1. The van der Waals surface area contributed by atoms with Crippen LogP contribution in [0.15, 0.2) is 48.7 Å². The SMILES string of the molecule is Cc1nn(-c2cccc(F)c2)cc1C(=O)Nc1ccc(CN2CC(C)C(O)C(C)C2)c(OC(F)F)c1. The molecule has 0 spiro atoms. The summed E-state index contributed by atoms with van der Waals surface area (Å²) >= 11 is 0. The summed E-state index contributed by atoms with van der Waals surface area (Å²) in [6.45, 7) is 4.18. The van der Waals surface area contributed by atoms with Gasteiger partial charge in [-0.2, -0.15) is 13.9 Å². The Bertz CT molecular complexity index is 1220. The molecule has 1 saturated heterocycles. The molecule has 0 radical (unpaired) electrons. The number of benzene rings is 2. The number of hydrogen-bond donors (Lipinski definition) is 2. The number of hydrogen-bond acceptors (Lipinski definition) is 5. The zero-order valence-electron chi connectivity index (χ0n) is 20.3. The number of rotatable bonds is 7. The van der Waals surface area contributed by atoms with Crippen molar-refractivity contribution in [2.45, 2.75) is 40.0 Å². The Labute approximate surface area is 207 Å². The van der Waals surface area contributed by atoms with Crippen LogP contribution in [0.4, 0.5) is 18.9 Å². The second-order valence-electron chi connectivity index (χ2n) is 9.35. The summed E-state index contributed by atoms with van der Waals surface area (Å²) in [5.41, 5.74) is 1.98. The number of anilines is 1. The lowest BCUT2D eigenvalue weighted by Crippen LogP contribution is -2.46. The average Bonchev–Trinajstić information content (AvgIpc) is 3.20. The van der Waals surface area contributed by atoms with Gasteiger partial charge in [0, 0.05) is 43.1 Å². The fraction of sp³-hybridized carbons (Fsp3) is 0.385. The van der Waals surface area contributed by atoms with Crippen LogP contribution in [-0.2, 0) is 6.54 Å². The quantitative estimate of drug-likeness (QED) is 0.493. The maximum atomic E-state index is 13.6. The number of nitrogens with one attached hydrogen (secondary N) is 1. The minimum atomic E-state index is -3.03. The molecule has 2 heterocycles. The molecule has 192 valence electrons. The number of ether oxygens (including phenoxy) is 1. The number of halogens is 3. The van der Waals surface area contributed by atoms with Gasteiger partial charge in [0.2, 0.25) is 0 Å². The molecule has 7 nitrogen and oxygen atoms in total. The van der Waals surface area contributed by atoms with Crippen molar-refractivity contribution in [2.24, 2.45) is 11.8 Å². The molecule has 0 bridgehead atoms. The van der Waals surface area contributed by atoms with Gasteiger partial charge in [0.05, 0.1) is 23.0 Å². The summed E-state index contributed by atoms with van der Waals surface area (Å²) in [5.74, 6) is -0.824. The molecule has 36 heavy (non-hydrogen) atoms. The second-order valence-corrected chi connectivity index (χ2v) is 9.35. The molecule has 2 N–H and O–H groups in total. The fourth-order valence-electron chi connectivity index (χ4n) is 4.64. The molecule has 2 atom stereocenters. The number of carbonyl (C=O) groups is 1. The van der Waals surface area contributed by atoms with E-state index in [2.05, 4.69) is 15.3 Å². The van der Waals surface area contributed by atoms with Crippen molar-refractivity contribution in [1.29, 1.82) is 0 Å². The van der Waals surface area contributed by atoms with Gasteiger partial charge in [-0.25, -0.2) is 9.07 Å². The molecule has 1 aliphatic heterocycles. The number of piperidine rings is 1. The van der Waals surface area contributed by atoms with Crippen LogP contribution in [-0.4, -0.2) is 51.5 Å². The number of carbonyl (C=O) groups excluding carboxylic acids is 1. The lowest BCUT2D eigenvalue weighted by Gasteiger charge is -2.39. The number of aliphatic hydroxyl groups excluding tert-OH is 1. The van der Waals surface area contributed by atoms with Crippen LogP contribution in [0.2, 0.25) is 0 Å². The number of aliphatic hydroxyl groups is 1. The van der Waals surface area contributed by atoms with Crippen molar-refractivity contribution in [3.8, 4) is 11.4 Å². The molecular weight excluding hydrogens is 473 g/mol. The van der Waals surface area contributed by atoms with Crippen LogP contribution in [0.1, 0.15) is 35.5 Å². The van der Waals surface area contributed by atoms with Gasteiger partial charge in [-0.3, -0.25) is 9.69 Å². The van der Waals surface area contributed by atoms with Gasteiger partial charge < -0.3 is 15.2 Å². The zero-order valence-corrected chi connectivity index (χ0v) is 20.3. The maximum Gasteiger partial charge on any atom is 0.387 e. The number of amides is 1. The van der Waals surface area contributed by atoms with E-state index in [-0.39, 0.29) is 28.8 Å². The van der Waals surface area contributed by atoms with Crippen molar-refractivity contribution in [2.75, 3.05) is 18.4 Å². The summed E-state index contributed by atoms with van der Waals surface area (Å²) in [4.78, 5) is 15.0. The number of nitrogens with zero attached hydrogens (tertiary/aromatic N) is 3. The normalized spacial score (nSPS) is 20.5. The minimum absolute atomic E-state index is 0.0265. The molecule has 10 heteroatoms. The lowest BCUT2D eigenvalue weighted by atomic mass is 9.88. The Balaban J connectivity index is 1.52. The van der Waals surface area contributed by atoms with Gasteiger partial charge in [0.15, 0.2) is 0 Å². The van der Waals surface area contributed by atoms with Crippen LogP contribution in [0.25, 0.3) is 5.69 Å². The van der Waals surface area contributed by atoms with E-state index in [1.807, 2.05) is 13.8 Å². The Morgan fingerprint density at radius 2 is 1.92 bits per heavy atom. The third-order valence-corrected chi connectivity index (χ3v) is 6.41. The molecular formula is C26H29F3N4O3. The molecule has 0 aliphatic carbocycles. The van der Waals surface area contributed by atoms with Gasteiger partial charge in [-0.1, -0.05) is 26.0 Å². The maximum absolute atomic E-state index is 13.6. The van der Waals surface area contributed by atoms with E-state index >= 15 is 0 Å².